The van der Waals surface area contributed by atoms with Gasteiger partial charge in [0.15, 0.2) is 0 Å². The maximum Gasteiger partial charge on any atom is 0.308 e. The van der Waals surface area contributed by atoms with Crippen molar-refractivity contribution < 1.29 is 9.90 Å². The van der Waals surface area contributed by atoms with E-state index in [1.807, 2.05) is 13.8 Å². The molecule has 0 spiro atoms. The summed E-state index contributed by atoms with van der Waals surface area (Å²) >= 11 is 0. The molecule has 0 fully saturated rings. The minimum absolute atomic E-state index is 0.0168. The Hall–Kier alpha value is -1.85. The number of rotatable bonds is 5. The number of hydrogen-bond donors (Lipinski definition) is 3. The highest BCUT2D eigenvalue weighted by Crippen LogP contribution is 2.11. The fourth-order valence-electron chi connectivity index (χ4n) is 1.49. The zero-order chi connectivity index (χ0) is 13.0. The number of nitrogens with zero attached hydrogens (tertiary/aromatic N) is 1. The van der Waals surface area contributed by atoms with E-state index < -0.39 is 11.9 Å². The molecule has 1 atom stereocenters. The van der Waals surface area contributed by atoms with Gasteiger partial charge < -0.3 is 15.4 Å². The third-order valence-electron chi connectivity index (χ3n) is 2.49. The number of aromatic amines is 1. The summed E-state index contributed by atoms with van der Waals surface area (Å²) in [7, 11) is 0. The highest BCUT2D eigenvalue weighted by Gasteiger charge is 2.21. The molecule has 94 valence electrons. The molecule has 1 aromatic heterocycles. The van der Waals surface area contributed by atoms with Crippen LogP contribution in [0.3, 0.4) is 0 Å². The topological polar surface area (TPSA) is 95.1 Å². The minimum Gasteiger partial charge on any atom is -0.481 e. The lowest BCUT2D eigenvalue weighted by Crippen LogP contribution is -2.28. The van der Waals surface area contributed by atoms with Gasteiger partial charge in [-0.25, -0.2) is 4.98 Å². The molecule has 0 amide bonds. The predicted octanol–water partition coefficient (Wildman–Crippen LogP) is 0.847. The first kappa shape index (κ1) is 13.2. The van der Waals surface area contributed by atoms with Crippen molar-refractivity contribution in [2.45, 2.75) is 20.8 Å². The number of carbonyl (C=O) groups is 1. The van der Waals surface area contributed by atoms with Gasteiger partial charge in [-0.2, -0.15) is 0 Å². The zero-order valence-electron chi connectivity index (χ0n) is 10.2. The van der Waals surface area contributed by atoms with Crippen LogP contribution in [0.1, 0.15) is 19.7 Å². The number of aliphatic carboxylic acids is 1. The van der Waals surface area contributed by atoms with E-state index in [-0.39, 0.29) is 18.0 Å². The molecule has 0 saturated heterocycles. The molecule has 6 heteroatoms. The van der Waals surface area contributed by atoms with E-state index in [1.165, 1.54) is 6.07 Å². The van der Waals surface area contributed by atoms with Gasteiger partial charge in [-0.05, 0) is 12.8 Å². The maximum atomic E-state index is 11.2. The summed E-state index contributed by atoms with van der Waals surface area (Å²) in [6, 6.07) is 1.31. The molecule has 1 unspecified atom stereocenters. The number of nitrogens with one attached hydrogen (secondary N) is 2. The van der Waals surface area contributed by atoms with Gasteiger partial charge in [0.1, 0.15) is 11.6 Å². The molecule has 0 aliphatic carbocycles. The van der Waals surface area contributed by atoms with E-state index in [9.17, 15) is 9.59 Å². The monoisotopic (exact) mass is 239 g/mol. The van der Waals surface area contributed by atoms with Crippen LogP contribution in [-0.2, 0) is 4.79 Å². The minimum atomic E-state index is -0.853. The van der Waals surface area contributed by atoms with E-state index in [1.54, 1.807) is 6.92 Å². The standard InChI is InChI=1S/C11H17N3O3/c1-6(2)8(11(16)17)5-12-9-4-10(15)14-7(3)13-9/h4,6,8H,5H2,1-3H3,(H,16,17)(H2,12,13,14,15). The number of aryl methyl sites for hydroxylation is 1. The van der Waals surface area contributed by atoms with Gasteiger partial charge in [-0.15, -0.1) is 0 Å². The third-order valence-corrected chi connectivity index (χ3v) is 2.49. The van der Waals surface area contributed by atoms with Crippen molar-refractivity contribution in [3.05, 3.63) is 22.2 Å². The van der Waals surface area contributed by atoms with E-state index in [0.717, 1.165) is 0 Å². The molecule has 0 aliphatic heterocycles. The second-order valence-electron chi connectivity index (χ2n) is 4.29. The third kappa shape index (κ3) is 3.90. The van der Waals surface area contributed by atoms with Gasteiger partial charge in [0.2, 0.25) is 0 Å². The zero-order valence-corrected chi connectivity index (χ0v) is 10.2. The quantitative estimate of drug-likeness (QED) is 0.708. The predicted molar refractivity (Wildman–Crippen MR) is 64.0 cm³/mol. The molecular weight excluding hydrogens is 222 g/mol. The van der Waals surface area contributed by atoms with Crippen LogP contribution in [0.15, 0.2) is 10.9 Å². The SMILES string of the molecule is Cc1nc(NCC(C(=O)O)C(C)C)cc(=O)[nH]1. The van der Waals surface area contributed by atoms with Crippen molar-refractivity contribution in [3.63, 3.8) is 0 Å². The van der Waals surface area contributed by atoms with E-state index >= 15 is 0 Å². The molecule has 0 bridgehead atoms. The Bertz CT molecular complexity index is 454. The molecule has 17 heavy (non-hydrogen) atoms. The van der Waals surface area contributed by atoms with Crippen LogP contribution in [0.5, 0.6) is 0 Å². The van der Waals surface area contributed by atoms with Crippen LogP contribution >= 0.6 is 0 Å². The number of aromatic nitrogens is 2. The van der Waals surface area contributed by atoms with Crippen molar-refractivity contribution >= 4 is 11.8 Å². The lowest BCUT2D eigenvalue weighted by atomic mass is 9.96. The van der Waals surface area contributed by atoms with Gasteiger partial charge in [0.25, 0.3) is 5.56 Å². The van der Waals surface area contributed by atoms with Crippen molar-refractivity contribution in [1.29, 1.82) is 0 Å². The highest BCUT2D eigenvalue weighted by molar-refractivity contribution is 5.71. The molecule has 1 aromatic rings. The van der Waals surface area contributed by atoms with Crippen molar-refractivity contribution in [3.8, 4) is 0 Å². The second-order valence-corrected chi connectivity index (χ2v) is 4.29. The summed E-state index contributed by atoms with van der Waals surface area (Å²) in [6.45, 7) is 5.61. The van der Waals surface area contributed by atoms with Crippen molar-refractivity contribution in [2.24, 2.45) is 11.8 Å². The van der Waals surface area contributed by atoms with Gasteiger partial charge in [0.05, 0.1) is 5.92 Å². The van der Waals surface area contributed by atoms with Crippen LogP contribution < -0.4 is 10.9 Å². The Morgan fingerprint density at radius 1 is 1.59 bits per heavy atom. The summed E-state index contributed by atoms with van der Waals surface area (Å²) in [5.74, 6) is -0.442. The molecule has 0 aliphatic rings. The average molecular weight is 239 g/mol. The number of hydrogen-bond acceptors (Lipinski definition) is 4. The Morgan fingerprint density at radius 2 is 2.24 bits per heavy atom. The summed E-state index contributed by atoms with van der Waals surface area (Å²) in [5, 5.41) is 11.9. The van der Waals surface area contributed by atoms with Gasteiger partial charge in [0, 0.05) is 12.6 Å². The first-order valence-electron chi connectivity index (χ1n) is 5.44. The molecule has 0 saturated carbocycles. The lowest BCUT2D eigenvalue weighted by molar-refractivity contribution is -0.142. The Kier molecular flexibility index (Phi) is 4.25. The Morgan fingerprint density at radius 3 is 2.71 bits per heavy atom. The average Bonchev–Trinajstić information content (AvgIpc) is 2.14. The molecule has 6 nitrogen and oxygen atoms in total. The first-order valence-corrected chi connectivity index (χ1v) is 5.44. The number of H-pyrrole nitrogens is 1. The van der Waals surface area contributed by atoms with E-state index in [4.69, 9.17) is 5.11 Å². The normalized spacial score (nSPS) is 12.5. The van der Waals surface area contributed by atoms with Gasteiger partial charge >= 0.3 is 5.97 Å². The molecule has 1 rings (SSSR count). The molecule has 1 heterocycles. The van der Waals surface area contributed by atoms with Gasteiger partial charge in [-0.3, -0.25) is 9.59 Å². The summed E-state index contributed by atoms with van der Waals surface area (Å²) in [6.07, 6.45) is 0. The van der Waals surface area contributed by atoms with Crippen LogP contribution in [-0.4, -0.2) is 27.6 Å². The highest BCUT2D eigenvalue weighted by atomic mass is 16.4. The Balaban J connectivity index is 2.72. The molecule has 0 radical (unpaired) electrons. The van der Waals surface area contributed by atoms with E-state index in [2.05, 4.69) is 15.3 Å². The first-order chi connectivity index (χ1) is 7.90. The van der Waals surface area contributed by atoms with Crippen LogP contribution in [0.4, 0.5) is 5.82 Å². The molecular formula is C11H17N3O3. The van der Waals surface area contributed by atoms with E-state index in [0.29, 0.717) is 11.6 Å². The summed E-state index contributed by atoms with van der Waals surface area (Å²) in [5.41, 5.74) is -0.253. The molecule has 0 aromatic carbocycles. The fourth-order valence-corrected chi connectivity index (χ4v) is 1.49. The Labute approximate surface area is 99.1 Å². The largest absolute Gasteiger partial charge is 0.481 e. The van der Waals surface area contributed by atoms with Crippen LogP contribution in [0.2, 0.25) is 0 Å². The van der Waals surface area contributed by atoms with Crippen LogP contribution in [0, 0.1) is 18.8 Å². The summed E-state index contributed by atoms with van der Waals surface area (Å²) in [4.78, 5) is 28.7. The number of carboxylic acid groups (broad SMARTS) is 1. The lowest BCUT2D eigenvalue weighted by Gasteiger charge is -2.16. The van der Waals surface area contributed by atoms with Crippen LogP contribution in [0.25, 0.3) is 0 Å². The summed E-state index contributed by atoms with van der Waals surface area (Å²) < 4.78 is 0. The number of carboxylic acids is 1. The maximum absolute atomic E-state index is 11.2. The van der Waals surface area contributed by atoms with Crippen molar-refractivity contribution in [2.75, 3.05) is 11.9 Å². The smallest absolute Gasteiger partial charge is 0.308 e. The second kappa shape index (κ2) is 5.47. The molecule has 3 N–H and O–H groups in total. The van der Waals surface area contributed by atoms with Gasteiger partial charge in [-0.1, -0.05) is 13.8 Å². The number of anilines is 1. The van der Waals surface area contributed by atoms with Crippen molar-refractivity contribution in [1.82, 2.24) is 9.97 Å². The fraction of sp³-hybridized carbons (Fsp3) is 0.545.